The van der Waals surface area contributed by atoms with Crippen LogP contribution < -0.4 is 0 Å². The molecule has 2 fully saturated rings. The Morgan fingerprint density at radius 3 is 2.86 bits per heavy atom. The Labute approximate surface area is 129 Å². The van der Waals surface area contributed by atoms with E-state index in [4.69, 9.17) is 4.74 Å². The van der Waals surface area contributed by atoms with Crippen LogP contribution >= 0.6 is 11.8 Å². The van der Waals surface area contributed by atoms with Gasteiger partial charge in [0.15, 0.2) is 0 Å². The molecule has 2 rings (SSSR count). The maximum atomic E-state index is 12.2. The third-order valence-electron chi connectivity index (χ3n) is 3.83. The zero-order valence-electron chi connectivity index (χ0n) is 12.4. The van der Waals surface area contributed by atoms with Crippen molar-refractivity contribution in [2.24, 2.45) is 5.92 Å². The number of hydrogen-bond acceptors (Lipinski definition) is 5. The number of nitrogens with zero attached hydrogens (tertiary/aromatic N) is 2. The molecule has 1 unspecified atom stereocenters. The second-order valence-corrected chi connectivity index (χ2v) is 6.33. The van der Waals surface area contributed by atoms with Crippen molar-refractivity contribution in [3.05, 3.63) is 0 Å². The zero-order valence-corrected chi connectivity index (χ0v) is 13.2. The predicted molar refractivity (Wildman–Crippen MR) is 80.0 cm³/mol. The third-order valence-corrected chi connectivity index (χ3v) is 4.73. The lowest BCUT2D eigenvalue weighted by Crippen LogP contribution is -2.43. The summed E-state index contributed by atoms with van der Waals surface area (Å²) in [7, 11) is 0. The Kier molecular flexibility index (Phi) is 5.90. The molecule has 2 aliphatic heterocycles. The van der Waals surface area contributed by atoms with E-state index in [-0.39, 0.29) is 23.0 Å². The lowest BCUT2D eigenvalue weighted by molar-refractivity contribution is -0.151. The van der Waals surface area contributed by atoms with Gasteiger partial charge in [-0.15, -0.1) is 0 Å². The highest BCUT2D eigenvalue weighted by atomic mass is 32.2. The van der Waals surface area contributed by atoms with Crippen molar-refractivity contribution in [1.82, 2.24) is 9.80 Å². The molecule has 21 heavy (non-hydrogen) atoms. The number of esters is 1. The number of rotatable bonds is 5. The molecule has 2 saturated heterocycles. The molecule has 0 bridgehead atoms. The Morgan fingerprint density at radius 1 is 1.38 bits per heavy atom. The van der Waals surface area contributed by atoms with Crippen molar-refractivity contribution < 1.29 is 19.1 Å². The van der Waals surface area contributed by atoms with Gasteiger partial charge in [-0.2, -0.15) is 0 Å². The first kappa shape index (κ1) is 16.1. The number of amides is 2. The van der Waals surface area contributed by atoms with Crippen LogP contribution in [0, 0.1) is 5.92 Å². The van der Waals surface area contributed by atoms with E-state index in [1.54, 1.807) is 16.7 Å². The van der Waals surface area contributed by atoms with E-state index < -0.39 is 0 Å². The molecule has 0 N–H and O–H groups in total. The van der Waals surface area contributed by atoms with Crippen molar-refractivity contribution >= 4 is 28.9 Å². The van der Waals surface area contributed by atoms with E-state index in [1.807, 2.05) is 0 Å². The molecule has 7 heteroatoms. The van der Waals surface area contributed by atoms with E-state index in [1.165, 1.54) is 11.8 Å². The summed E-state index contributed by atoms with van der Waals surface area (Å²) in [5.41, 5.74) is 0. The summed E-state index contributed by atoms with van der Waals surface area (Å²) >= 11 is 1.30. The SMILES string of the molecule is CCOC(=O)C1CCCN(C(=O)CCN2CCSC2=O)C1. The van der Waals surface area contributed by atoms with Gasteiger partial charge in [0.2, 0.25) is 5.91 Å². The molecule has 0 aliphatic carbocycles. The number of carbonyl (C=O) groups is 3. The quantitative estimate of drug-likeness (QED) is 0.717. The van der Waals surface area contributed by atoms with Crippen LogP contribution in [0.4, 0.5) is 4.79 Å². The molecular weight excluding hydrogens is 292 g/mol. The van der Waals surface area contributed by atoms with Gasteiger partial charge in [-0.3, -0.25) is 14.4 Å². The fourth-order valence-corrected chi connectivity index (χ4v) is 3.53. The first-order valence-corrected chi connectivity index (χ1v) is 8.46. The number of hydrogen-bond donors (Lipinski definition) is 0. The molecule has 0 aromatic carbocycles. The molecule has 2 amide bonds. The molecule has 118 valence electrons. The highest BCUT2D eigenvalue weighted by Gasteiger charge is 2.30. The fraction of sp³-hybridized carbons (Fsp3) is 0.786. The molecule has 0 spiro atoms. The molecule has 2 heterocycles. The summed E-state index contributed by atoms with van der Waals surface area (Å²) in [5.74, 6) is 0.420. The summed E-state index contributed by atoms with van der Waals surface area (Å²) in [4.78, 5) is 38.9. The summed E-state index contributed by atoms with van der Waals surface area (Å²) in [6.07, 6.45) is 1.94. The summed E-state index contributed by atoms with van der Waals surface area (Å²) in [6.45, 7) is 4.50. The Balaban J connectivity index is 1.78. The second kappa shape index (κ2) is 7.68. The predicted octanol–water partition coefficient (Wildman–Crippen LogP) is 1.35. The van der Waals surface area contributed by atoms with E-state index in [0.29, 0.717) is 32.7 Å². The van der Waals surface area contributed by atoms with Gasteiger partial charge < -0.3 is 14.5 Å². The molecular formula is C14H22N2O4S. The lowest BCUT2D eigenvalue weighted by atomic mass is 9.98. The van der Waals surface area contributed by atoms with Crippen molar-refractivity contribution in [3.8, 4) is 0 Å². The van der Waals surface area contributed by atoms with Crippen molar-refractivity contribution in [2.45, 2.75) is 26.2 Å². The van der Waals surface area contributed by atoms with Crippen LogP contribution in [0.2, 0.25) is 0 Å². The van der Waals surface area contributed by atoms with Crippen LogP contribution in [0.15, 0.2) is 0 Å². The average molecular weight is 314 g/mol. The maximum absolute atomic E-state index is 12.2. The first-order valence-electron chi connectivity index (χ1n) is 7.48. The van der Waals surface area contributed by atoms with E-state index in [9.17, 15) is 14.4 Å². The van der Waals surface area contributed by atoms with E-state index in [0.717, 1.165) is 25.1 Å². The van der Waals surface area contributed by atoms with Gasteiger partial charge in [-0.25, -0.2) is 0 Å². The second-order valence-electron chi connectivity index (χ2n) is 5.28. The fourth-order valence-electron chi connectivity index (χ4n) is 2.67. The summed E-state index contributed by atoms with van der Waals surface area (Å²) < 4.78 is 5.03. The summed E-state index contributed by atoms with van der Waals surface area (Å²) in [5, 5.41) is 0.0610. The molecule has 2 aliphatic rings. The van der Waals surface area contributed by atoms with Crippen molar-refractivity contribution in [3.63, 3.8) is 0 Å². The first-order chi connectivity index (χ1) is 10.1. The Bertz CT molecular complexity index is 416. The van der Waals surface area contributed by atoms with Gasteiger partial charge in [0, 0.05) is 38.4 Å². The highest BCUT2D eigenvalue weighted by molar-refractivity contribution is 8.13. The van der Waals surface area contributed by atoms with E-state index in [2.05, 4.69) is 0 Å². The molecule has 6 nitrogen and oxygen atoms in total. The van der Waals surface area contributed by atoms with Gasteiger partial charge in [0.25, 0.3) is 5.24 Å². The number of carbonyl (C=O) groups excluding carboxylic acids is 3. The number of ether oxygens (including phenoxy) is 1. The Morgan fingerprint density at radius 2 is 2.19 bits per heavy atom. The van der Waals surface area contributed by atoms with E-state index >= 15 is 0 Å². The largest absolute Gasteiger partial charge is 0.466 e. The van der Waals surface area contributed by atoms with Gasteiger partial charge in [0.1, 0.15) is 0 Å². The van der Waals surface area contributed by atoms with Crippen LogP contribution in [0.1, 0.15) is 26.2 Å². The van der Waals surface area contributed by atoms with Gasteiger partial charge in [0.05, 0.1) is 12.5 Å². The summed E-state index contributed by atoms with van der Waals surface area (Å²) in [6, 6.07) is 0. The molecule has 0 saturated carbocycles. The number of likely N-dealkylation sites (tertiary alicyclic amines) is 1. The average Bonchev–Trinajstić information content (AvgIpc) is 2.90. The van der Waals surface area contributed by atoms with Crippen LogP contribution in [0.5, 0.6) is 0 Å². The van der Waals surface area contributed by atoms with Crippen molar-refractivity contribution in [2.75, 3.05) is 38.5 Å². The van der Waals surface area contributed by atoms with Crippen LogP contribution in [-0.4, -0.2) is 65.5 Å². The molecule has 0 aromatic rings. The van der Waals surface area contributed by atoms with Crippen LogP contribution in [0.3, 0.4) is 0 Å². The lowest BCUT2D eigenvalue weighted by Gasteiger charge is -2.32. The zero-order chi connectivity index (χ0) is 15.2. The molecule has 1 atom stereocenters. The molecule has 0 aromatic heterocycles. The van der Waals surface area contributed by atoms with Gasteiger partial charge >= 0.3 is 5.97 Å². The standard InChI is InChI=1S/C14H22N2O4S/c1-2-20-13(18)11-4-3-6-16(10-11)12(17)5-7-15-8-9-21-14(15)19/h11H,2-10H2,1H3. The normalized spacial score (nSPS) is 22.5. The minimum atomic E-state index is -0.207. The van der Waals surface area contributed by atoms with Gasteiger partial charge in [-0.05, 0) is 19.8 Å². The highest BCUT2D eigenvalue weighted by Crippen LogP contribution is 2.20. The van der Waals surface area contributed by atoms with Crippen LogP contribution in [-0.2, 0) is 14.3 Å². The minimum Gasteiger partial charge on any atom is -0.466 e. The van der Waals surface area contributed by atoms with Crippen molar-refractivity contribution in [1.29, 1.82) is 0 Å². The topological polar surface area (TPSA) is 66.9 Å². The number of piperidine rings is 1. The monoisotopic (exact) mass is 314 g/mol. The third kappa shape index (κ3) is 4.36. The minimum absolute atomic E-state index is 0.0219. The van der Waals surface area contributed by atoms with Crippen LogP contribution in [0.25, 0.3) is 0 Å². The number of thioether (sulfide) groups is 1. The Hall–Kier alpha value is -1.24. The molecule has 0 radical (unpaired) electrons. The van der Waals surface area contributed by atoms with Gasteiger partial charge in [-0.1, -0.05) is 11.8 Å². The maximum Gasteiger partial charge on any atom is 0.310 e. The smallest absolute Gasteiger partial charge is 0.310 e.